The number of fused-ring (bicyclic) bond motifs is 2. The van der Waals surface area contributed by atoms with Gasteiger partial charge >= 0.3 is 18.0 Å². The lowest BCUT2D eigenvalue weighted by Crippen LogP contribution is -2.29. The molecule has 0 atom stereocenters. The molecule has 24 nitrogen and oxygen atoms in total. The molecule has 0 saturated carbocycles. The van der Waals surface area contributed by atoms with E-state index in [1.165, 1.54) is 36.2 Å². The number of para-hydroxylation sites is 2. The Morgan fingerprint density at radius 2 is 1.11 bits per heavy atom. The van der Waals surface area contributed by atoms with Crippen molar-refractivity contribution in [2.45, 2.75) is 61.2 Å². The summed E-state index contributed by atoms with van der Waals surface area (Å²) in [6.07, 6.45) is 4.77. The Kier molecular flexibility index (Phi) is 20.6. The number of methoxy groups -OCH3 is 1. The summed E-state index contributed by atoms with van der Waals surface area (Å²) in [5.74, 6) is -0.878. The number of likely N-dealkylation sites (N-methyl/N-ethyl adjacent to an activating group) is 4. The van der Waals surface area contributed by atoms with E-state index in [0.717, 1.165) is 35.1 Å². The second-order valence-corrected chi connectivity index (χ2v) is 20.5. The van der Waals surface area contributed by atoms with Gasteiger partial charge in [0, 0.05) is 112 Å². The van der Waals surface area contributed by atoms with Crippen molar-refractivity contribution in [3.05, 3.63) is 140 Å². The first-order chi connectivity index (χ1) is 38.9. The Bertz CT molecular complexity index is 3700. The van der Waals surface area contributed by atoms with Gasteiger partial charge in [-0.2, -0.15) is 0 Å². The number of aromatic amines is 1. The Labute approximate surface area is 489 Å². The van der Waals surface area contributed by atoms with Crippen LogP contribution in [0.3, 0.4) is 0 Å². The average molecular weight is 1150 g/mol. The predicted molar refractivity (Wildman–Crippen MR) is 334 cm³/mol. The number of carbonyl (C=O) groups is 3. The summed E-state index contributed by atoms with van der Waals surface area (Å²) in [6.45, 7) is 13.4. The highest BCUT2D eigenvalue weighted by atomic mass is 16.6. The molecule has 8 rings (SSSR count). The van der Waals surface area contributed by atoms with Crippen LogP contribution in [0.5, 0.6) is 0 Å². The average Bonchev–Trinajstić information content (AvgIpc) is 1.68. The highest BCUT2D eigenvalue weighted by Crippen LogP contribution is 2.38. The van der Waals surface area contributed by atoms with E-state index in [2.05, 4.69) is 35.6 Å². The van der Waals surface area contributed by atoms with Crippen LogP contribution in [-0.4, -0.2) is 155 Å². The van der Waals surface area contributed by atoms with Crippen molar-refractivity contribution >= 4 is 85.9 Å². The molecule has 448 valence electrons. The van der Waals surface area contributed by atoms with Gasteiger partial charge < -0.3 is 49.4 Å². The van der Waals surface area contributed by atoms with Crippen LogP contribution in [-0.2, 0) is 14.2 Å². The first kappa shape index (κ1) is 62.6. The summed E-state index contributed by atoms with van der Waals surface area (Å²) in [5, 5.41) is 31.8. The molecule has 0 radical (unpaired) electrons. The second kappa shape index (κ2) is 27.3. The summed E-state index contributed by atoms with van der Waals surface area (Å²) in [7, 11) is 12.7. The van der Waals surface area contributed by atoms with Gasteiger partial charge in [0.05, 0.1) is 57.4 Å². The number of ether oxygens (including phenoxy) is 3. The van der Waals surface area contributed by atoms with Crippen molar-refractivity contribution in [2.75, 3.05) is 96.0 Å². The van der Waals surface area contributed by atoms with Gasteiger partial charge in [-0.05, 0) is 105 Å². The van der Waals surface area contributed by atoms with Crippen LogP contribution in [0.25, 0.3) is 44.3 Å². The van der Waals surface area contributed by atoms with Gasteiger partial charge in [0.25, 0.3) is 11.4 Å². The van der Waals surface area contributed by atoms with Gasteiger partial charge in [0.15, 0.2) is 0 Å². The van der Waals surface area contributed by atoms with E-state index in [-0.39, 0.29) is 60.8 Å². The van der Waals surface area contributed by atoms with Crippen molar-refractivity contribution in [1.82, 2.24) is 39.3 Å². The number of nitrogens with one attached hydrogen (secondary N) is 3. The number of benzene rings is 4. The summed E-state index contributed by atoms with van der Waals surface area (Å²) in [6, 6.07) is 21.3. The molecular formula is C59H82N14O10. The van der Waals surface area contributed by atoms with Crippen molar-refractivity contribution in [2.24, 2.45) is 0 Å². The molecule has 0 aliphatic rings. The topological polar surface area (TPSA) is 274 Å². The predicted octanol–water partition coefficient (Wildman–Crippen LogP) is 12.3. The number of hydrogen-bond acceptors (Lipinski definition) is 20. The number of esters is 2. The lowest BCUT2D eigenvalue weighted by atomic mass is 10.1. The van der Waals surface area contributed by atoms with Gasteiger partial charge in [0.1, 0.15) is 22.5 Å². The SMILES string of the molecule is C.COC(=O)n1cc(-c2nc(Nc3cc([N+](=O)[O-])c(N(C)CCN(C)C)cc3C)ncc2C(=O)OC(C)C)c2ccccc21.Cc1cc(N(C)CCN(C)C)c([N+](=O)[O-])cc1Nc1ncc(C(=O)OC(C)C)c(-c2c[nH]c3ccccc23)n1.[HH].[HH].[HH].[HH].[HH]. The maximum atomic E-state index is 13.1. The molecule has 4 aromatic heterocycles. The van der Waals surface area contributed by atoms with Crippen LogP contribution in [0.4, 0.5) is 50.8 Å². The fourth-order valence-corrected chi connectivity index (χ4v) is 8.75. The van der Waals surface area contributed by atoms with E-state index in [0.29, 0.717) is 63.6 Å². The maximum absolute atomic E-state index is 13.1. The van der Waals surface area contributed by atoms with Crippen molar-refractivity contribution in [1.29, 1.82) is 0 Å². The molecule has 0 aliphatic heterocycles. The molecule has 0 amide bonds. The molecule has 0 bridgehead atoms. The Morgan fingerprint density at radius 3 is 1.55 bits per heavy atom. The first-order valence-electron chi connectivity index (χ1n) is 26.2. The van der Waals surface area contributed by atoms with E-state index >= 15 is 0 Å². The van der Waals surface area contributed by atoms with Crippen molar-refractivity contribution in [3.8, 4) is 22.5 Å². The third kappa shape index (κ3) is 14.9. The molecule has 0 unspecified atom stereocenters. The zero-order valence-corrected chi connectivity index (χ0v) is 48.2. The number of anilines is 6. The summed E-state index contributed by atoms with van der Waals surface area (Å²) >= 11 is 0. The van der Waals surface area contributed by atoms with Crippen LogP contribution in [0.2, 0.25) is 0 Å². The van der Waals surface area contributed by atoms with Crippen LogP contribution in [0.1, 0.15) is 74.1 Å². The number of aryl methyl sites for hydroxylation is 2. The number of aromatic nitrogens is 6. The lowest BCUT2D eigenvalue weighted by molar-refractivity contribution is -0.384. The van der Waals surface area contributed by atoms with Crippen LogP contribution >= 0.6 is 0 Å². The number of carbonyl (C=O) groups excluding carboxylic acids is 3. The van der Waals surface area contributed by atoms with Crippen molar-refractivity contribution < 1.29 is 45.6 Å². The van der Waals surface area contributed by atoms with Crippen molar-refractivity contribution in [3.63, 3.8) is 0 Å². The number of nitro benzene ring substituents is 2. The minimum absolute atomic E-state index is 0. The molecule has 4 heterocycles. The lowest BCUT2D eigenvalue weighted by Gasteiger charge is -2.22. The van der Waals surface area contributed by atoms with Gasteiger partial charge in [-0.3, -0.25) is 24.8 Å². The van der Waals surface area contributed by atoms with Gasteiger partial charge in [0.2, 0.25) is 11.9 Å². The van der Waals surface area contributed by atoms with Crippen LogP contribution in [0, 0.1) is 34.1 Å². The molecule has 3 N–H and O–H groups in total. The number of nitrogens with zero attached hydrogens (tertiary/aromatic N) is 11. The number of H-pyrrole nitrogens is 1. The molecule has 83 heavy (non-hydrogen) atoms. The fraction of sp³-hybridized carbons (Fsp3) is 0.339. The largest absolute Gasteiger partial charge is 0.459 e. The van der Waals surface area contributed by atoms with E-state index in [1.54, 1.807) is 76.5 Å². The summed E-state index contributed by atoms with van der Waals surface area (Å²) in [5.41, 5.74) is 6.90. The standard InChI is InChI=1S/C30H35N7O6.C28H33N7O4.CH4.5H2/c1-18(2)43-28(38)21-16-31-29(33-27(21)22-17-36(30(39)42-7)24-11-9-8-10-20(22)24)32-23-15-26(37(40)41)25(14-19(23)3)35(6)13-12-34(4)5;1-17(2)39-27(36)21-16-30-28(32-26(21)20-15-29-22-10-8-7-9-19(20)22)31-23-14-25(35(37)38)24(13-18(23)3)34(6)12-11-33(4)5;;;;;;/h8-11,14-18H,12-13H2,1-7H3,(H,31,32,33);7-10,13-17,29H,11-12H2,1-6H3,(H,30,31,32);1H4;5*1H. The smallest absolute Gasteiger partial charge is 0.418 e. The van der Waals surface area contributed by atoms with E-state index in [9.17, 15) is 34.6 Å². The summed E-state index contributed by atoms with van der Waals surface area (Å²) < 4.78 is 17.2. The zero-order chi connectivity index (χ0) is 59.7. The summed E-state index contributed by atoms with van der Waals surface area (Å²) in [4.78, 5) is 90.8. The van der Waals surface area contributed by atoms with E-state index in [1.807, 2.05) is 100.0 Å². The third-order valence-electron chi connectivity index (χ3n) is 13.0. The number of nitro groups is 2. The monoisotopic (exact) mass is 1150 g/mol. The highest BCUT2D eigenvalue weighted by Gasteiger charge is 2.27. The zero-order valence-electron chi connectivity index (χ0n) is 48.2. The third-order valence-corrected chi connectivity index (χ3v) is 13.0. The van der Waals surface area contributed by atoms with Gasteiger partial charge in [-0.15, -0.1) is 0 Å². The van der Waals surface area contributed by atoms with Gasteiger partial charge in [-0.1, -0.05) is 43.8 Å². The number of hydrogen-bond donors (Lipinski definition) is 3. The number of rotatable bonds is 20. The first-order valence-corrected chi connectivity index (χ1v) is 26.2. The Morgan fingerprint density at radius 1 is 0.663 bits per heavy atom. The molecular weight excluding hydrogens is 1060 g/mol. The molecule has 0 aliphatic carbocycles. The van der Waals surface area contributed by atoms with Gasteiger partial charge in [-0.25, -0.2) is 34.3 Å². The molecule has 8 aromatic rings. The molecule has 0 spiro atoms. The fourth-order valence-electron chi connectivity index (χ4n) is 8.75. The highest BCUT2D eigenvalue weighted by molar-refractivity contribution is 6.05. The molecule has 0 fully saturated rings. The molecule has 4 aromatic carbocycles. The quantitative estimate of drug-likeness (QED) is 0.0277. The second-order valence-electron chi connectivity index (χ2n) is 20.5. The molecule has 24 heteroatoms. The normalized spacial score (nSPS) is 11.1. The Balaban J connectivity index is 0.000000827. The van der Waals surface area contributed by atoms with Crippen LogP contribution in [0.15, 0.2) is 97.6 Å². The Hall–Kier alpha value is -9.55. The van der Waals surface area contributed by atoms with Crippen LogP contribution < -0.4 is 20.4 Å². The minimum atomic E-state index is -0.636. The maximum Gasteiger partial charge on any atom is 0.418 e. The van der Waals surface area contributed by atoms with E-state index in [4.69, 9.17) is 14.2 Å². The molecule has 0 saturated heterocycles. The van der Waals surface area contributed by atoms with E-state index < -0.39 is 34.0 Å². The minimum Gasteiger partial charge on any atom is -0.459 e.